The van der Waals surface area contributed by atoms with E-state index in [1.54, 1.807) is 18.2 Å². The Hall–Kier alpha value is -1.55. The third-order valence-corrected chi connectivity index (χ3v) is 3.50. The average Bonchev–Trinajstić information content (AvgIpc) is 2.68. The average molecular weight is 233 g/mol. The van der Waals surface area contributed by atoms with Gasteiger partial charge in [0.2, 0.25) is 0 Å². The summed E-state index contributed by atoms with van der Waals surface area (Å²) in [6, 6.07) is 7.14. The molecule has 0 aromatic heterocycles. The molecule has 0 radical (unpaired) electrons. The molecule has 2 aliphatic heterocycles. The fourth-order valence-electron chi connectivity index (χ4n) is 2.66. The summed E-state index contributed by atoms with van der Waals surface area (Å²) in [7, 11) is 0. The Morgan fingerprint density at radius 1 is 1.29 bits per heavy atom. The second-order valence-electron chi connectivity index (χ2n) is 4.72. The maximum absolute atomic E-state index is 10.9. The molecule has 0 saturated carbocycles. The maximum atomic E-state index is 10.9. The molecule has 4 nitrogen and oxygen atoms in total. The zero-order valence-corrected chi connectivity index (χ0v) is 9.50. The van der Waals surface area contributed by atoms with Crippen LogP contribution in [0.25, 0.3) is 0 Å². The van der Waals surface area contributed by atoms with Gasteiger partial charge in [0.15, 0.2) is 0 Å². The molecular formula is C13H15NO3. The van der Waals surface area contributed by atoms with Crippen molar-refractivity contribution < 1.29 is 14.6 Å². The number of carboxylic acid groups (broad SMARTS) is 1. The molecule has 1 N–H and O–H groups in total. The minimum absolute atomic E-state index is 0.322. The standard InChI is InChI=1S/C13H15NO3/c15-13(16)9-2-1-3-10(6-9)14-7-11-4-5-12(8-14)17-11/h1-3,6,11-12H,4-5,7-8H2,(H,15,16). The zero-order valence-electron chi connectivity index (χ0n) is 9.50. The molecule has 90 valence electrons. The Kier molecular flexibility index (Phi) is 2.52. The lowest BCUT2D eigenvalue weighted by molar-refractivity contribution is 0.0305. The van der Waals surface area contributed by atoms with Gasteiger partial charge < -0.3 is 14.7 Å². The van der Waals surface area contributed by atoms with Gasteiger partial charge in [-0.1, -0.05) is 6.07 Å². The monoisotopic (exact) mass is 233 g/mol. The molecule has 0 aliphatic carbocycles. The van der Waals surface area contributed by atoms with Crippen molar-refractivity contribution >= 4 is 11.7 Å². The van der Waals surface area contributed by atoms with Crippen LogP contribution in [0.1, 0.15) is 23.2 Å². The molecule has 0 spiro atoms. The molecule has 0 amide bonds. The Bertz CT molecular complexity index is 434. The van der Waals surface area contributed by atoms with E-state index < -0.39 is 5.97 Å². The molecule has 2 heterocycles. The summed E-state index contributed by atoms with van der Waals surface area (Å²) < 4.78 is 5.77. The van der Waals surface area contributed by atoms with Crippen molar-refractivity contribution in [3.05, 3.63) is 29.8 Å². The van der Waals surface area contributed by atoms with Gasteiger partial charge in [0.25, 0.3) is 0 Å². The SMILES string of the molecule is O=C(O)c1cccc(N2CC3CCC(C2)O3)c1. The van der Waals surface area contributed by atoms with Crippen molar-refractivity contribution in [2.75, 3.05) is 18.0 Å². The van der Waals surface area contributed by atoms with E-state index in [4.69, 9.17) is 9.84 Å². The molecule has 2 atom stereocenters. The predicted octanol–water partition coefficient (Wildman–Crippen LogP) is 1.75. The minimum atomic E-state index is -0.872. The van der Waals surface area contributed by atoms with Crippen LogP contribution in [0, 0.1) is 0 Å². The van der Waals surface area contributed by atoms with Gasteiger partial charge in [0, 0.05) is 18.8 Å². The normalized spacial score (nSPS) is 27.2. The Labute approximate surface area is 99.8 Å². The summed E-state index contributed by atoms with van der Waals surface area (Å²) in [6.45, 7) is 1.75. The first-order valence-electron chi connectivity index (χ1n) is 5.96. The van der Waals surface area contributed by atoms with E-state index >= 15 is 0 Å². The van der Waals surface area contributed by atoms with Crippen molar-refractivity contribution in [3.8, 4) is 0 Å². The Morgan fingerprint density at radius 3 is 2.65 bits per heavy atom. The topological polar surface area (TPSA) is 49.8 Å². The number of hydrogen-bond acceptors (Lipinski definition) is 3. The molecule has 3 rings (SSSR count). The summed E-state index contributed by atoms with van der Waals surface area (Å²) in [6.07, 6.45) is 2.89. The number of aromatic carboxylic acids is 1. The number of benzene rings is 1. The van der Waals surface area contributed by atoms with E-state index in [1.807, 2.05) is 6.07 Å². The second-order valence-corrected chi connectivity index (χ2v) is 4.72. The highest BCUT2D eigenvalue weighted by atomic mass is 16.5. The number of hydrogen-bond donors (Lipinski definition) is 1. The zero-order chi connectivity index (χ0) is 11.8. The quantitative estimate of drug-likeness (QED) is 0.845. The van der Waals surface area contributed by atoms with E-state index in [1.165, 1.54) is 0 Å². The van der Waals surface area contributed by atoms with Crippen molar-refractivity contribution in [1.82, 2.24) is 0 Å². The van der Waals surface area contributed by atoms with E-state index in [2.05, 4.69) is 4.90 Å². The van der Waals surface area contributed by atoms with Crippen molar-refractivity contribution in [1.29, 1.82) is 0 Å². The van der Waals surface area contributed by atoms with Crippen LogP contribution >= 0.6 is 0 Å². The molecular weight excluding hydrogens is 218 g/mol. The molecule has 2 fully saturated rings. The number of nitrogens with zero attached hydrogens (tertiary/aromatic N) is 1. The lowest BCUT2D eigenvalue weighted by Crippen LogP contribution is -2.42. The highest BCUT2D eigenvalue weighted by Gasteiger charge is 2.33. The van der Waals surface area contributed by atoms with Crippen LogP contribution < -0.4 is 4.90 Å². The van der Waals surface area contributed by atoms with Gasteiger partial charge in [-0.2, -0.15) is 0 Å². The van der Waals surface area contributed by atoms with Crippen LogP contribution in [0.2, 0.25) is 0 Å². The van der Waals surface area contributed by atoms with Gasteiger partial charge >= 0.3 is 5.97 Å². The number of rotatable bonds is 2. The minimum Gasteiger partial charge on any atom is -0.478 e. The largest absolute Gasteiger partial charge is 0.478 e. The Balaban J connectivity index is 1.84. The number of fused-ring (bicyclic) bond motifs is 2. The summed E-state index contributed by atoms with van der Waals surface area (Å²) in [5, 5.41) is 8.98. The molecule has 1 aromatic rings. The van der Waals surface area contributed by atoms with Gasteiger partial charge in [0.05, 0.1) is 17.8 Å². The van der Waals surface area contributed by atoms with Gasteiger partial charge in [-0.3, -0.25) is 0 Å². The molecule has 4 heteroatoms. The van der Waals surface area contributed by atoms with Crippen LogP contribution in [-0.2, 0) is 4.74 Å². The predicted molar refractivity (Wildman–Crippen MR) is 63.5 cm³/mol. The van der Waals surface area contributed by atoms with Crippen molar-refractivity contribution in [2.24, 2.45) is 0 Å². The third kappa shape index (κ3) is 2.00. The van der Waals surface area contributed by atoms with Crippen LogP contribution in [0.15, 0.2) is 24.3 Å². The maximum Gasteiger partial charge on any atom is 0.335 e. The summed E-state index contributed by atoms with van der Waals surface area (Å²) in [4.78, 5) is 13.2. The van der Waals surface area contributed by atoms with Crippen molar-refractivity contribution in [3.63, 3.8) is 0 Å². The van der Waals surface area contributed by atoms with Gasteiger partial charge in [-0.25, -0.2) is 4.79 Å². The highest BCUT2D eigenvalue weighted by molar-refractivity contribution is 5.88. The lowest BCUT2D eigenvalue weighted by atomic mass is 10.1. The molecule has 2 bridgehead atoms. The molecule has 17 heavy (non-hydrogen) atoms. The molecule has 2 aliphatic rings. The highest BCUT2D eigenvalue weighted by Crippen LogP contribution is 2.29. The van der Waals surface area contributed by atoms with Gasteiger partial charge in [-0.05, 0) is 31.0 Å². The Morgan fingerprint density at radius 2 is 2.00 bits per heavy atom. The van der Waals surface area contributed by atoms with Crippen LogP contribution in [-0.4, -0.2) is 36.4 Å². The number of carbonyl (C=O) groups is 1. The fourth-order valence-corrected chi connectivity index (χ4v) is 2.66. The second kappa shape index (κ2) is 4.04. The van der Waals surface area contributed by atoms with E-state index in [-0.39, 0.29) is 0 Å². The third-order valence-electron chi connectivity index (χ3n) is 3.50. The van der Waals surface area contributed by atoms with Gasteiger partial charge in [-0.15, -0.1) is 0 Å². The van der Waals surface area contributed by atoms with Crippen LogP contribution in [0.3, 0.4) is 0 Å². The number of ether oxygens (including phenoxy) is 1. The summed E-state index contributed by atoms with van der Waals surface area (Å²) in [5.41, 5.74) is 1.34. The summed E-state index contributed by atoms with van der Waals surface area (Å²) >= 11 is 0. The first-order chi connectivity index (χ1) is 8.22. The number of anilines is 1. The van der Waals surface area contributed by atoms with Gasteiger partial charge in [0.1, 0.15) is 0 Å². The van der Waals surface area contributed by atoms with Crippen LogP contribution in [0.4, 0.5) is 5.69 Å². The molecule has 2 unspecified atom stereocenters. The molecule has 1 aromatic carbocycles. The summed E-state index contributed by atoms with van der Waals surface area (Å²) in [5.74, 6) is -0.872. The van der Waals surface area contributed by atoms with E-state index in [9.17, 15) is 4.79 Å². The lowest BCUT2D eigenvalue weighted by Gasteiger charge is -2.33. The fraction of sp³-hybridized carbons (Fsp3) is 0.462. The van der Waals surface area contributed by atoms with Crippen LogP contribution in [0.5, 0.6) is 0 Å². The van der Waals surface area contributed by atoms with E-state index in [0.717, 1.165) is 31.6 Å². The molecule has 2 saturated heterocycles. The van der Waals surface area contributed by atoms with E-state index in [0.29, 0.717) is 17.8 Å². The van der Waals surface area contributed by atoms with Crippen molar-refractivity contribution in [2.45, 2.75) is 25.0 Å². The number of carboxylic acids is 1. The first-order valence-corrected chi connectivity index (χ1v) is 5.96. The smallest absolute Gasteiger partial charge is 0.335 e. The first kappa shape index (κ1) is 10.6. The number of morpholine rings is 1.